The van der Waals surface area contributed by atoms with E-state index in [-0.39, 0.29) is 57.9 Å². The number of thioether (sulfide) groups is 1. The lowest BCUT2D eigenvalue weighted by Gasteiger charge is -2.43. The molecule has 0 unspecified atom stereocenters. The number of aromatic nitrogens is 1. The van der Waals surface area contributed by atoms with Gasteiger partial charge in [0.2, 0.25) is 11.8 Å². The molecule has 0 spiro atoms. The number of benzene rings is 1. The summed E-state index contributed by atoms with van der Waals surface area (Å²) < 4.78 is 0. The zero-order valence-electron chi connectivity index (χ0n) is 18.8. The monoisotopic (exact) mass is 498 g/mol. The Kier molecular flexibility index (Phi) is 5.08. The van der Waals surface area contributed by atoms with E-state index in [0.717, 1.165) is 26.8 Å². The van der Waals surface area contributed by atoms with Crippen molar-refractivity contribution in [3.8, 4) is 0 Å². The van der Waals surface area contributed by atoms with Gasteiger partial charge in [0.1, 0.15) is 6.04 Å². The average Bonchev–Trinajstić information content (AvgIpc) is 3.51. The third-order valence-corrected chi connectivity index (χ3v) is 10.8. The molecule has 2 saturated carbocycles. The van der Waals surface area contributed by atoms with Crippen LogP contribution in [-0.2, 0) is 14.4 Å². The topological polar surface area (TPSA) is 108 Å². The molecule has 2 N–H and O–H groups in total. The molecule has 8 atom stereocenters. The van der Waals surface area contributed by atoms with Crippen LogP contribution in [0.25, 0.3) is 0 Å². The van der Waals surface area contributed by atoms with Gasteiger partial charge < -0.3 is 10.1 Å². The Balaban J connectivity index is 1.42. The minimum atomic E-state index is -1.11. The molecule has 2 amide bonds. The van der Waals surface area contributed by atoms with Gasteiger partial charge in [0, 0.05) is 16.0 Å². The van der Waals surface area contributed by atoms with Crippen molar-refractivity contribution in [2.75, 3.05) is 0 Å². The van der Waals surface area contributed by atoms with Gasteiger partial charge in [-0.25, -0.2) is 4.79 Å². The molecular weight excluding hydrogens is 472 g/mol. The summed E-state index contributed by atoms with van der Waals surface area (Å²) in [5.41, 5.74) is 1.12. The van der Waals surface area contributed by atoms with Gasteiger partial charge in [-0.05, 0) is 42.1 Å². The Bertz CT molecular complexity index is 1240. The SMILES string of the molecule is CC(C)C[C@@H](C(=O)O)N1C(=O)[C@@H]2[C@@H]3C[C@@H]([C@@H]2C1=O)[C@H]1[C@@H](c2ccccc2)c2sc(=O)[nH]c2S[C@H]31. The highest BCUT2D eigenvalue weighted by Gasteiger charge is 2.70. The Labute approximate surface area is 204 Å². The molecule has 178 valence electrons. The van der Waals surface area contributed by atoms with Crippen LogP contribution in [0.5, 0.6) is 0 Å². The first-order valence-corrected chi connectivity index (χ1v) is 13.5. The van der Waals surface area contributed by atoms with Crippen molar-refractivity contribution >= 4 is 40.9 Å². The van der Waals surface area contributed by atoms with Crippen LogP contribution in [0.3, 0.4) is 0 Å². The van der Waals surface area contributed by atoms with Crippen LogP contribution in [0.2, 0.25) is 0 Å². The standard InChI is InChI=1S/C25H26N2O5S2/c1-10(2)8-14(24(30)31)27-22(28)17-12-9-13(18(17)23(27)29)19-16(12)15(11-6-4-3-5-7-11)20-21(33-19)26-25(32)34-20/h3-7,10,12-19H,8-9H2,1-2H3,(H,26,32)(H,30,31)/t12-,13+,14+,15-,16+,17+,18-,19-/m1/s1. The third kappa shape index (κ3) is 3.02. The van der Waals surface area contributed by atoms with Crippen LogP contribution < -0.4 is 4.87 Å². The first kappa shape index (κ1) is 22.1. The molecule has 3 fully saturated rings. The predicted octanol–water partition coefficient (Wildman–Crippen LogP) is 3.41. The van der Waals surface area contributed by atoms with Gasteiger partial charge in [0.15, 0.2) is 0 Å². The van der Waals surface area contributed by atoms with Crippen LogP contribution in [0.15, 0.2) is 40.2 Å². The average molecular weight is 499 g/mol. The number of thiazole rings is 1. The number of H-pyrrole nitrogens is 1. The van der Waals surface area contributed by atoms with Crippen LogP contribution in [-0.4, -0.2) is 44.1 Å². The fourth-order valence-corrected chi connectivity index (χ4v) is 10.0. The summed E-state index contributed by atoms with van der Waals surface area (Å²) in [6, 6.07) is 8.99. The number of nitrogens with one attached hydrogen (secondary N) is 1. The lowest BCUT2D eigenvalue weighted by Crippen LogP contribution is -2.47. The van der Waals surface area contributed by atoms with Gasteiger partial charge in [-0.1, -0.05) is 55.5 Å². The Hall–Kier alpha value is -2.39. The molecule has 7 nitrogen and oxygen atoms in total. The quantitative estimate of drug-likeness (QED) is 0.612. The number of nitrogens with zero attached hydrogens (tertiary/aromatic N) is 1. The fraction of sp³-hybridized carbons (Fsp3) is 0.520. The van der Waals surface area contributed by atoms with E-state index in [1.54, 1.807) is 11.8 Å². The van der Waals surface area contributed by atoms with E-state index in [2.05, 4.69) is 17.1 Å². The van der Waals surface area contributed by atoms with Gasteiger partial charge in [-0.15, -0.1) is 11.8 Å². The number of fused-ring (bicyclic) bond motifs is 9. The van der Waals surface area contributed by atoms with Crippen molar-refractivity contribution in [2.24, 2.45) is 35.5 Å². The summed E-state index contributed by atoms with van der Waals surface area (Å²) in [5.74, 6) is -2.48. The second kappa shape index (κ2) is 7.81. The Morgan fingerprint density at radius 2 is 1.79 bits per heavy atom. The number of amides is 2. The van der Waals surface area contributed by atoms with Crippen LogP contribution in [0.4, 0.5) is 0 Å². The van der Waals surface area contributed by atoms with Gasteiger partial charge in [0.25, 0.3) is 0 Å². The number of carboxylic acid groups (broad SMARTS) is 1. The molecule has 1 saturated heterocycles. The number of aromatic amines is 1. The number of carboxylic acids is 1. The molecule has 0 radical (unpaired) electrons. The van der Waals surface area contributed by atoms with Crippen molar-refractivity contribution < 1.29 is 19.5 Å². The first-order chi connectivity index (χ1) is 16.3. The minimum absolute atomic E-state index is 0.00185. The number of hydrogen-bond donors (Lipinski definition) is 2. The zero-order chi connectivity index (χ0) is 23.9. The highest BCUT2D eigenvalue weighted by atomic mass is 32.2. The summed E-state index contributed by atoms with van der Waals surface area (Å²) in [5, 5.41) is 10.9. The molecule has 1 aromatic carbocycles. The van der Waals surface area contributed by atoms with E-state index in [4.69, 9.17) is 0 Å². The molecule has 2 aliphatic heterocycles. The second-order valence-electron chi connectivity index (χ2n) is 10.4. The number of carbonyl (C=O) groups is 3. The number of aliphatic carboxylic acids is 1. The van der Waals surface area contributed by atoms with E-state index in [9.17, 15) is 24.3 Å². The van der Waals surface area contributed by atoms with Gasteiger partial charge in [-0.2, -0.15) is 0 Å². The Morgan fingerprint density at radius 1 is 1.12 bits per heavy atom. The molecule has 9 heteroatoms. The maximum Gasteiger partial charge on any atom is 0.326 e. The molecule has 2 aliphatic carbocycles. The van der Waals surface area contributed by atoms with Crippen molar-refractivity contribution in [2.45, 2.75) is 48.9 Å². The molecule has 2 bridgehead atoms. The molecule has 3 heterocycles. The van der Waals surface area contributed by atoms with E-state index >= 15 is 0 Å². The van der Waals surface area contributed by atoms with E-state index in [1.807, 2.05) is 32.0 Å². The maximum atomic E-state index is 13.7. The van der Waals surface area contributed by atoms with Crippen molar-refractivity contribution in [3.05, 3.63) is 50.4 Å². The number of hydrogen-bond acceptors (Lipinski definition) is 6. The molecule has 4 aliphatic rings. The van der Waals surface area contributed by atoms with Gasteiger partial charge >= 0.3 is 10.8 Å². The second-order valence-corrected chi connectivity index (χ2v) is 12.6. The molecule has 34 heavy (non-hydrogen) atoms. The van der Waals surface area contributed by atoms with E-state index < -0.39 is 23.8 Å². The summed E-state index contributed by atoms with van der Waals surface area (Å²) in [6.45, 7) is 3.81. The third-order valence-electron chi connectivity index (χ3n) is 8.21. The van der Waals surface area contributed by atoms with Crippen LogP contribution in [0.1, 0.15) is 43.0 Å². The van der Waals surface area contributed by atoms with Crippen molar-refractivity contribution in [1.82, 2.24) is 9.88 Å². The normalized spacial score (nSPS) is 34.3. The summed E-state index contributed by atoms with van der Waals surface area (Å²) in [4.78, 5) is 56.6. The maximum absolute atomic E-state index is 13.7. The van der Waals surface area contributed by atoms with Crippen LogP contribution in [0, 0.1) is 35.5 Å². The van der Waals surface area contributed by atoms with Gasteiger partial charge in [0.05, 0.1) is 16.9 Å². The smallest absolute Gasteiger partial charge is 0.326 e. The van der Waals surface area contributed by atoms with E-state index in [1.165, 1.54) is 11.3 Å². The largest absolute Gasteiger partial charge is 0.480 e. The number of likely N-dealkylation sites (tertiary alicyclic amines) is 1. The highest BCUT2D eigenvalue weighted by molar-refractivity contribution is 8.00. The lowest BCUT2D eigenvalue weighted by molar-refractivity contribution is -0.156. The first-order valence-electron chi connectivity index (χ1n) is 11.8. The van der Waals surface area contributed by atoms with Crippen LogP contribution >= 0.6 is 23.1 Å². The minimum Gasteiger partial charge on any atom is -0.480 e. The van der Waals surface area contributed by atoms with Crippen molar-refractivity contribution in [3.63, 3.8) is 0 Å². The lowest BCUT2D eigenvalue weighted by atomic mass is 9.68. The molecule has 6 rings (SSSR count). The number of imide groups is 1. The fourth-order valence-electron chi connectivity index (χ4n) is 7.14. The number of rotatable bonds is 5. The Morgan fingerprint density at radius 3 is 2.44 bits per heavy atom. The zero-order valence-corrected chi connectivity index (χ0v) is 20.5. The summed E-state index contributed by atoms with van der Waals surface area (Å²) >= 11 is 2.89. The van der Waals surface area contributed by atoms with Crippen molar-refractivity contribution in [1.29, 1.82) is 0 Å². The number of carbonyl (C=O) groups excluding carboxylic acids is 2. The van der Waals surface area contributed by atoms with E-state index in [0.29, 0.717) is 0 Å². The predicted molar refractivity (Wildman–Crippen MR) is 128 cm³/mol. The molecule has 1 aromatic heterocycles. The van der Waals surface area contributed by atoms with Gasteiger partial charge in [-0.3, -0.25) is 19.3 Å². The summed E-state index contributed by atoms with van der Waals surface area (Å²) in [6.07, 6.45) is 1.06. The molecule has 2 aromatic rings. The molecular formula is C25H26N2O5S2. The summed E-state index contributed by atoms with van der Waals surface area (Å²) in [7, 11) is 0. The highest BCUT2D eigenvalue weighted by Crippen LogP contribution is 2.68.